The van der Waals surface area contributed by atoms with Crippen LogP contribution in [0, 0.1) is 5.82 Å². The largest absolute Gasteiger partial charge is 0.497 e. The molecule has 0 saturated carbocycles. The van der Waals surface area contributed by atoms with Crippen molar-refractivity contribution in [1.82, 2.24) is 4.90 Å². The second-order valence-electron chi connectivity index (χ2n) is 7.78. The fraction of sp³-hybridized carbons (Fsp3) is 0.240. The molecule has 33 heavy (non-hydrogen) atoms. The van der Waals surface area contributed by atoms with Crippen molar-refractivity contribution in [2.24, 2.45) is 0 Å². The van der Waals surface area contributed by atoms with Crippen LogP contribution in [-0.2, 0) is 27.9 Å². The van der Waals surface area contributed by atoms with Gasteiger partial charge in [0.2, 0.25) is 5.91 Å². The minimum absolute atomic E-state index is 0.0191. The van der Waals surface area contributed by atoms with Gasteiger partial charge < -0.3 is 13.8 Å². The Labute approximate surface area is 193 Å². The molecule has 174 valence electrons. The molecule has 8 heteroatoms. The highest BCUT2D eigenvalue weighted by atomic mass is 32.2. The average Bonchev–Trinajstić information content (AvgIpc) is 2.79. The van der Waals surface area contributed by atoms with Crippen molar-refractivity contribution in [1.29, 1.82) is 0 Å². The molecule has 0 radical (unpaired) electrons. The van der Waals surface area contributed by atoms with Gasteiger partial charge >= 0.3 is 10.1 Å². The van der Waals surface area contributed by atoms with Crippen LogP contribution in [0.2, 0.25) is 0 Å². The standard InChI is InChI=1S/C25H26FNO5S/c1-18(2)27(25(28)16-19-4-10-22(31-3)11-5-19)17-20-6-12-23(13-7-20)32-33(29,30)24-14-8-21(26)9-15-24/h4-15,18H,16-17H2,1-3H3. The Kier molecular flexibility index (Phi) is 7.71. The van der Waals surface area contributed by atoms with Gasteiger partial charge in [-0.3, -0.25) is 4.79 Å². The summed E-state index contributed by atoms with van der Waals surface area (Å²) in [7, 11) is -2.48. The molecule has 0 aromatic heterocycles. The SMILES string of the molecule is COc1ccc(CC(=O)N(Cc2ccc(OS(=O)(=O)c3ccc(F)cc3)cc2)C(C)C)cc1. The summed E-state index contributed by atoms with van der Waals surface area (Å²) in [5.74, 6) is 0.309. The van der Waals surface area contributed by atoms with Crippen LogP contribution < -0.4 is 8.92 Å². The number of ether oxygens (including phenoxy) is 1. The van der Waals surface area contributed by atoms with Gasteiger partial charge in [-0.1, -0.05) is 24.3 Å². The number of carbonyl (C=O) groups excluding carboxylic acids is 1. The zero-order valence-electron chi connectivity index (χ0n) is 18.7. The maximum atomic E-state index is 13.0. The van der Waals surface area contributed by atoms with Crippen LogP contribution in [0.3, 0.4) is 0 Å². The second-order valence-corrected chi connectivity index (χ2v) is 9.32. The van der Waals surface area contributed by atoms with Crippen molar-refractivity contribution >= 4 is 16.0 Å². The zero-order chi connectivity index (χ0) is 24.0. The molecular formula is C25H26FNO5S. The average molecular weight is 472 g/mol. The van der Waals surface area contributed by atoms with Gasteiger partial charge in [0, 0.05) is 12.6 Å². The van der Waals surface area contributed by atoms with E-state index in [1.807, 2.05) is 38.1 Å². The molecule has 0 heterocycles. The van der Waals surface area contributed by atoms with E-state index in [9.17, 15) is 17.6 Å². The van der Waals surface area contributed by atoms with Crippen LogP contribution in [0.5, 0.6) is 11.5 Å². The topological polar surface area (TPSA) is 72.9 Å². The summed E-state index contributed by atoms with van der Waals surface area (Å²) in [4.78, 5) is 14.5. The van der Waals surface area contributed by atoms with E-state index in [4.69, 9.17) is 8.92 Å². The van der Waals surface area contributed by atoms with Crippen molar-refractivity contribution in [3.05, 3.63) is 89.7 Å². The third-order valence-electron chi connectivity index (χ3n) is 5.04. The van der Waals surface area contributed by atoms with Crippen molar-refractivity contribution in [3.63, 3.8) is 0 Å². The molecule has 3 rings (SSSR count). The lowest BCUT2D eigenvalue weighted by molar-refractivity contribution is -0.132. The highest BCUT2D eigenvalue weighted by molar-refractivity contribution is 7.87. The summed E-state index contributed by atoms with van der Waals surface area (Å²) in [5.41, 5.74) is 1.72. The summed E-state index contributed by atoms with van der Waals surface area (Å²) in [6, 6.07) is 18.2. The first-order valence-electron chi connectivity index (χ1n) is 10.4. The van der Waals surface area contributed by atoms with E-state index in [1.165, 1.54) is 12.1 Å². The monoisotopic (exact) mass is 471 g/mol. The molecule has 3 aromatic rings. The van der Waals surface area contributed by atoms with Gasteiger partial charge in [-0.05, 0) is 73.5 Å². The number of hydrogen-bond acceptors (Lipinski definition) is 5. The summed E-state index contributed by atoms with van der Waals surface area (Å²) < 4.78 is 48.1. The normalized spacial score (nSPS) is 11.3. The van der Waals surface area contributed by atoms with Crippen LogP contribution in [0.15, 0.2) is 77.7 Å². The molecule has 1 amide bonds. The lowest BCUT2D eigenvalue weighted by Crippen LogP contribution is -2.37. The number of hydrogen-bond donors (Lipinski definition) is 0. The predicted octanol–water partition coefficient (Wildman–Crippen LogP) is 4.58. The van der Waals surface area contributed by atoms with Gasteiger partial charge in [-0.15, -0.1) is 0 Å². The lowest BCUT2D eigenvalue weighted by Gasteiger charge is -2.27. The van der Waals surface area contributed by atoms with E-state index in [2.05, 4.69) is 0 Å². The number of rotatable bonds is 9. The summed E-state index contributed by atoms with van der Waals surface area (Å²) in [6.45, 7) is 4.26. The Morgan fingerprint density at radius 2 is 1.42 bits per heavy atom. The fourth-order valence-electron chi connectivity index (χ4n) is 3.20. The quantitative estimate of drug-likeness (QED) is 0.427. The number of benzene rings is 3. The molecule has 3 aromatic carbocycles. The summed E-state index contributed by atoms with van der Waals surface area (Å²) in [5, 5.41) is 0. The lowest BCUT2D eigenvalue weighted by atomic mass is 10.1. The first-order valence-corrected chi connectivity index (χ1v) is 11.8. The third kappa shape index (κ3) is 6.55. The van der Waals surface area contributed by atoms with E-state index < -0.39 is 15.9 Å². The Morgan fingerprint density at radius 3 is 1.97 bits per heavy atom. The maximum absolute atomic E-state index is 13.0. The van der Waals surface area contributed by atoms with Crippen LogP contribution in [0.4, 0.5) is 4.39 Å². The molecule has 0 aliphatic carbocycles. The number of methoxy groups -OCH3 is 1. The minimum Gasteiger partial charge on any atom is -0.497 e. The third-order valence-corrected chi connectivity index (χ3v) is 6.30. The molecule has 0 aliphatic heterocycles. The van der Waals surface area contributed by atoms with Crippen LogP contribution in [0.25, 0.3) is 0 Å². The Balaban J connectivity index is 1.66. The number of amides is 1. The van der Waals surface area contributed by atoms with E-state index in [1.54, 1.807) is 24.1 Å². The minimum atomic E-state index is -4.07. The smallest absolute Gasteiger partial charge is 0.339 e. The molecular weight excluding hydrogens is 445 g/mol. The van der Waals surface area contributed by atoms with Crippen molar-refractivity contribution in [3.8, 4) is 11.5 Å². The maximum Gasteiger partial charge on any atom is 0.339 e. The number of nitrogens with zero attached hydrogens (tertiary/aromatic N) is 1. The van der Waals surface area contributed by atoms with Gasteiger partial charge in [-0.2, -0.15) is 8.42 Å². The van der Waals surface area contributed by atoms with Gasteiger partial charge in [0.15, 0.2) is 0 Å². The van der Waals surface area contributed by atoms with E-state index >= 15 is 0 Å². The van der Waals surface area contributed by atoms with Gasteiger partial charge in [0.25, 0.3) is 0 Å². The van der Waals surface area contributed by atoms with Crippen LogP contribution >= 0.6 is 0 Å². The van der Waals surface area contributed by atoms with Crippen molar-refractivity contribution < 1.29 is 26.5 Å². The van der Waals surface area contributed by atoms with Crippen LogP contribution in [-0.4, -0.2) is 32.4 Å². The zero-order valence-corrected chi connectivity index (χ0v) is 19.5. The molecule has 6 nitrogen and oxygen atoms in total. The van der Waals surface area contributed by atoms with Gasteiger partial charge in [0.1, 0.15) is 22.2 Å². The first-order chi connectivity index (χ1) is 15.7. The molecule has 0 atom stereocenters. The predicted molar refractivity (Wildman–Crippen MR) is 123 cm³/mol. The van der Waals surface area contributed by atoms with E-state index in [0.717, 1.165) is 41.1 Å². The summed E-state index contributed by atoms with van der Waals surface area (Å²) in [6.07, 6.45) is 0.263. The van der Waals surface area contributed by atoms with Crippen molar-refractivity contribution in [2.75, 3.05) is 7.11 Å². The molecule has 0 bridgehead atoms. The Morgan fingerprint density at radius 1 is 0.879 bits per heavy atom. The molecule has 0 saturated heterocycles. The molecule has 0 aliphatic rings. The van der Waals surface area contributed by atoms with Gasteiger partial charge in [0.05, 0.1) is 13.5 Å². The molecule has 0 spiro atoms. The number of carbonyl (C=O) groups is 1. The molecule has 0 fully saturated rings. The van der Waals surface area contributed by atoms with Crippen LogP contribution in [0.1, 0.15) is 25.0 Å². The molecule has 0 N–H and O–H groups in total. The van der Waals surface area contributed by atoms with Gasteiger partial charge in [-0.25, -0.2) is 4.39 Å². The van der Waals surface area contributed by atoms with Crippen molar-refractivity contribution in [2.45, 2.75) is 37.8 Å². The Hall–Kier alpha value is -3.39. The Bertz CT molecular complexity index is 1170. The fourth-order valence-corrected chi connectivity index (χ4v) is 4.13. The van der Waals surface area contributed by atoms with E-state index in [0.29, 0.717) is 6.54 Å². The first kappa shape index (κ1) is 24.3. The van der Waals surface area contributed by atoms with E-state index in [-0.39, 0.29) is 29.0 Å². The number of halogens is 1. The highest BCUT2D eigenvalue weighted by Gasteiger charge is 2.19. The second kappa shape index (κ2) is 10.5. The highest BCUT2D eigenvalue weighted by Crippen LogP contribution is 2.21. The molecule has 0 unspecified atom stereocenters. The summed E-state index contributed by atoms with van der Waals surface area (Å²) >= 11 is 0.